The molecule has 0 spiro atoms. The first-order valence-corrected chi connectivity index (χ1v) is 5.36. The molecule has 0 aliphatic heterocycles. The Bertz CT molecular complexity index is 354. The van der Waals surface area contributed by atoms with Crippen LogP contribution in [-0.2, 0) is 0 Å². The third-order valence-corrected chi connectivity index (χ3v) is 2.29. The van der Waals surface area contributed by atoms with Crippen molar-refractivity contribution in [3.63, 3.8) is 0 Å². The molecule has 1 N–H and O–H groups in total. The Labute approximate surface area is 95.2 Å². The van der Waals surface area contributed by atoms with Gasteiger partial charge >= 0.3 is 0 Å². The van der Waals surface area contributed by atoms with Crippen LogP contribution >= 0.6 is 0 Å². The highest BCUT2D eigenvalue weighted by molar-refractivity contribution is 5.22. The molecule has 3 heteroatoms. The maximum Gasteiger partial charge on any atom is 0.126 e. The van der Waals surface area contributed by atoms with Gasteiger partial charge in [-0.15, -0.1) is 6.58 Å². The molecule has 0 amide bonds. The fraction of sp³-hybridized carbons (Fsp3) is 0.385. The summed E-state index contributed by atoms with van der Waals surface area (Å²) in [5.41, 5.74) is 1.61. The lowest BCUT2D eigenvalue weighted by molar-refractivity contribution is 0.528. The highest BCUT2D eigenvalue weighted by atomic mass is 19.1. The fourth-order valence-electron chi connectivity index (χ4n) is 1.68. The molecule has 0 fully saturated rings. The van der Waals surface area contributed by atoms with Gasteiger partial charge in [0.05, 0.1) is 0 Å². The van der Waals surface area contributed by atoms with Crippen LogP contribution in [0.25, 0.3) is 0 Å². The number of hydrogen-bond donors (Lipinski definition) is 1. The Morgan fingerprint density at radius 3 is 2.31 bits per heavy atom. The van der Waals surface area contributed by atoms with E-state index in [9.17, 15) is 8.78 Å². The first-order valence-electron chi connectivity index (χ1n) is 5.36. The molecule has 1 aromatic rings. The molecule has 0 aliphatic carbocycles. The van der Waals surface area contributed by atoms with Gasteiger partial charge in [0, 0.05) is 12.1 Å². The van der Waals surface area contributed by atoms with Gasteiger partial charge in [0.1, 0.15) is 11.6 Å². The van der Waals surface area contributed by atoms with Crippen LogP contribution in [0.3, 0.4) is 0 Å². The van der Waals surface area contributed by atoms with Gasteiger partial charge in [0.15, 0.2) is 0 Å². The molecule has 88 valence electrons. The molecule has 16 heavy (non-hydrogen) atoms. The lowest BCUT2D eigenvalue weighted by atomic mass is 10.00. The van der Waals surface area contributed by atoms with Crippen LogP contribution < -0.4 is 5.32 Å². The smallest absolute Gasteiger partial charge is 0.126 e. The summed E-state index contributed by atoms with van der Waals surface area (Å²) in [5, 5.41) is 3.19. The Kier molecular flexibility index (Phi) is 4.62. The van der Waals surface area contributed by atoms with Crippen molar-refractivity contribution in [2.24, 2.45) is 0 Å². The summed E-state index contributed by atoms with van der Waals surface area (Å²) >= 11 is 0. The van der Waals surface area contributed by atoms with Gasteiger partial charge in [0.25, 0.3) is 0 Å². The van der Waals surface area contributed by atoms with Crippen LogP contribution in [-0.4, -0.2) is 6.54 Å². The van der Waals surface area contributed by atoms with Crippen molar-refractivity contribution < 1.29 is 8.78 Å². The Balaban J connectivity index is 2.95. The zero-order valence-electron chi connectivity index (χ0n) is 9.69. The summed E-state index contributed by atoms with van der Waals surface area (Å²) in [5.74, 6) is -1.08. The molecule has 1 nitrogen and oxygen atoms in total. The molecular formula is C13H17F2N. The maximum atomic E-state index is 13.1. The fourth-order valence-corrected chi connectivity index (χ4v) is 1.68. The predicted molar refractivity (Wildman–Crippen MR) is 62.2 cm³/mol. The molecular weight excluding hydrogens is 208 g/mol. The summed E-state index contributed by atoms with van der Waals surface area (Å²) in [6.45, 7) is 8.43. The van der Waals surface area contributed by atoms with E-state index in [-0.39, 0.29) is 6.04 Å². The van der Waals surface area contributed by atoms with Gasteiger partial charge < -0.3 is 5.32 Å². The van der Waals surface area contributed by atoms with E-state index in [2.05, 4.69) is 11.9 Å². The predicted octanol–water partition coefficient (Wildman–Crippen LogP) is 3.58. The highest BCUT2D eigenvalue weighted by Crippen LogP contribution is 2.22. The van der Waals surface area contributed by atoms with Crippen molar-refractivity contribution in [3.8, 4) is 0 Å². The molecule has 0 bridgehead atoms. The summed E-state index contributed by atoms with van der Waals surface area (Å²) < 4.78 is 26.2. The van der Waals surface area contributed by atoms with Crippen LogP contribution in [0.4, 0.5) is 8.78 Å². The van der Waals surface area contributed by atoms with E-state index in [4.69, 9.17) is 0 Å². The third-order valence-electron chi connectivity index (χ3n) is 2.29. The van der Waals surface area contributed by atoms with E-state index in [1.54, 1.807) is 0 Å². The highest BCUT2D eigenvalue weighted by Gasteiger charge is 2.12. The molecule has 0 aromatic heterocycles. The molecule has 0 radical (unpaired) electrons. The minimum absolute atomic E-state index is 0.0762. The molecule has 1 atom stereocenters. The molecule has 0 saturated carbocycles. The van der Waals surface area contributed by atoms with Crippen LogP contribution in [0.5, 0.6) is 0 Å². The molecule has 0 aliphatic rings. The number of hydrogen-bond acceptors (Lipinski definition) is 1. The van der Waals surface area contributed by atoms with Crippen LogP contribution in [0.2, 0.25) is 0 Å². The van der Waals surface area contributed by atoms with E-state index < -0.39 is 11.6 Å². The lowest BCUT2D eigenvalue weighted by Gasteiger charge is -2.18. The maximum absolute atomic E-state index is 13.1. The Morgan fingerprint density at radius 1 is 1.31 bits per heavy atom. The second kappa shape index (κ2) is 5.75. The Hall–Kier alpha value is -1.22. The second-order valence-corrected chi connectivity index (χ2v) is 3.97. The van der Waals surface area contributed by atoms with Crippen molar-refractivity contribution in [1.82, 2.24) is 5.32 Å². The molecule has 0 heterocycles. The molecule has 1 unspecified atom stereocenters. The summed E-state index contributed by atoms with van der Waals surface area (Å²) in [6, 6.07) is 3.53. The number of halogens is 2. The van der Waals surface area contributed by atoms with E-state index in [0.29, 0.717) is 12.0 Å². The van der Waals surface area contributed by atoms with Crippen LogP contribution in [0, 0.1) is 11.6 Å². The number of nitrogens with one attached hydrogen (secondary N) is 1. The zero-order valence-corrected chi connectivity index (χ0v) is 9.69. The van der Waals surface area contributed by atoms with Crippen LogP contribution in [0.1, 0.15) is 31.9 Å². The van der Waals surface area contributed by atoms with Gasteiger partial charge in [-0.1, -0.05) is 12.5 Å². The van der Waals surface area contributed by atoms with Gasteiger partial charge in [-0.25, -0.2) is 8.78 Å². The molecule has 0 saturated heterocycles. The average molecular weight is 225 g/mol. The van der Waals surface area contributed by atoms with E-state index in [1.165, 1.54) is 12.1 Å². The van der Waals surface area contributed by atoms with Gasteiger partial charge in [-0.05, 0) is 37.6 Å². The Morgan fingerprint density at radius 2 is 1.88 bits per heavy atom. The SMILES string of the molecule is C=C(C)CC(NCC)c1cc(F)cc(F)c1. The monoisotopic (exact) mass is 225 g/mol. The molecule has 1 rings (SSSR count). The van der Waals surface area contributed by atoms with Gasteiger partial charge in [0.2, 0.25) is 0 Å². The largest absolute Gasteiger partial charge is 0.310 e. The van der Waals surface area contributed by atoms with Gasteiger partial charge in [-0.3, -0.25) is 0 Å². The minimum atomic E-state index is -0.542. The first kappa shape index (κ1) is 12.8. The quantitative estimate of drug-likeness (QED) is 0.755. The molecule has 1 aromatic carbocycles. The summed E-state index contributed by atoms with van der Waals surface area (Å²) in [4.78, 5) is 0. The average Bonchev–Trinajstić information content (AvgIpc) is 2.14. The number of benzene rings is 1. The van der Waals surface area contributed by atoms with Crippen LogP contribution in [0.15, 0.2) is 30.4 Å². The standard InChI is InChI=1S/C13H17F2N/c1-4-16-13(5-9(2)3)10-6-11(14)8-12(15)7-10/h6-8,13,16H,2,4-5H2,1,3H3. The second-order valence-electron chi connectivity index (χ2n) is 3.97. The lowest BCUT2D eigenvalue weighted by Crippen LogP contribution is -2.21. The van der Waals surface area contributed by atoms with Crippen molar-refractivity contribution >= 4 is 0 Å². The van der Waals surface area contributed by atoms with Crippen molar-refractivity contribution in [1.29, 1.82) is 0 Å². The summed E-state index contributed by atoms with van der Waals surface area (Å²) in [7, 11) is 0. The number of rotatable bonds is 5. The van der Waals surface area contributed by atoms with Crippen molar-refractivity contribution in [2.75, 3.05) is 6.54 Å². The summed E-state index contributed by atoms with van der Waals surface area (Å²) in [6.07, 6.45) is 0.677. The van der Waals surface area contributed by atoms with Gasteiger partial charge in [-0.2, -0.15) is 0 Å². The van der Waals surface area contributed by atoms with Crippen molar-refractivity contribution in [3.05, 3.63) is 47.5 Å². The minimum Gasteiger partial charge on any atom is -0.310 e. The first-order chi connectivity index (χ1) is 7.52. The normalized spacial score (nSPS) is 12.5. The zero-order chi connectivity index (χ0) is 12.1. The van der Waals surface area contributed by atoms with Crippen molar-refractivity contribution in [2.45, 2.75) is 26.3 Å². The topological polar surface area (TPSA) is 12.0 Å². The van der Waals surface area contributed by atoms with E-state index in [1.807, 2.05) is 13.8 Å². The van der Waals surface area contributed by atoms with E-state index >= 15 is 0 Å². The van der Waals surface area contributed by atoms with E-state index in [0.717, 1.165) is 18.2 Å². The third kappa shape index (κ3) is 3.74.